The molecule has 0 aromatic rings. The first-order valence-corrected chi connectivity index (χ1v) is 18.5. The SMILES string of the molecule is CCCC(NC(=O)[C@@H]1[C@@H]2[C@H](CN1C(=O)[C@@H](NC(=O)N[C@H](CN(C)S(=O)(=O)C(C)(C)C)C(C)(C)C)C(C)(C)C)C2(C)C)C(=O)C(=O)NCC. The van der Waals surface area contributed by atoms with Gasteiger partial charge in [0.25, 0.3) is 5.91 Å². The largest absolute Gasteiger partial charge is 0.350 e. The van der Waals surface area contributed by atoms with E-state index in [4.69, 9.17) is 0 Å². The van der Waals surface area contributed by atoms with E-state index < -0.39 is 79.3 Å². The summed E-state index contributed by atoms with van der Waals surface area (Å²) in [5.74, 6) is -2.51. The van der Waals surface area contributed by atoms with Crippen LogP contribution in [0.5, 0.6) is 0 Å². The summed E-state index contributed by atoms with van der Waals surface area (Å²) < 4.78 is 26.4. The zero-order chi connectivity index (χ0) is 37.4. The zero-order valence-electron chi connectivity index (χ0n) is 31.7. The third-order valence-electron chi connectivity index (χ3n) is 9.89. The molecule has 1 heterocycles. The number of nitrogens with zero attached hydrogens (tertiary/aromatic N) is 2. The van der Waals surface area contributed by atoms with Gasteiger partial charge < -0.3 is 26.2 Å². The van der Waals surface area contributed by atoms with Crippen LogP contribution in [0.25, 0.3) is 0 Å². The minimum atomic E-state index is -3.67. The molecule has 0 radical (unpaired) electrons. The van der Waals surface area contributed by atoms with Gasteiger partial charge in [-0.3, -0.25) is 19.2 Å². The maximum Gasteiger partial charge on any atom is 0.315 e. The molecule has 13 nitrogen and oxygen atoms in total. The number of sulfonamides is 1. The van der Waals surface area contributed by atoms with Gasteiger partial charge in [0.1, 0.15) is 12.1 Å². The lowest BCUT2D eigenvalue weighted by Gasteiger charge is -2.39. The highest BCUT2D eigenvalue weighted by molar-refractivity contribution is 7.90. The minimum absolute atomic E-state index is 0.0192. The molecule has 276 valence electrons. The number of carbonyl (C=O) groups is 5. The van der Waals surface area contributed by atoms with E-state index in [1.165, 1.54) is 16.3 Å². The number of piperidine rings is 1. The highest BCUT2D eigenvalue weighted by Gasteiger charge is 2.70. The van der Waals surface area contributed by atoms with Gasteiger partial charge in [0, 0.05) is 32.7 Å². The van der Waals surface area contributed by atoms with Crippen molar-refractivity contribution >= 4 is 39.6 Å². The number of carbonyl (C=O) groups excluding carboxylic acids is 5. The number of likely N-dealkylation sites (tertiary alicyclic amines) is 1. The first-order valence-electron chi connectivity index (χ1n) is 17.1. The van der Waals surface area contributed by atoms with Crippen LogP contribution in [0.3, 0.4) is 0 Å². The summed E-state index contributed by atoms with van der Waals surface area (Å²) in [6.07, 6.45) is 0.826. The van der Waals surface area contributed by atoms with Gasteiger partial charge in [-0.05, 0) is 62.2 Å². The van der Waals surface area contributed by atoms with Crippen molar-refractivity contribution in [3.63, 3.8) is 0 Å². The normalized spacial score (nSPS) is 22.6. The number of fused-ring (bicyclic) bond motifs is 1. The lowest BCUT2D eigenvalue weighted by atomic mass is 9.85. The quantitative estimate of drug-likeness (QED) is 0.214. The van der Waals surface area contributed by atoms with Crippen molar-refractivity contribution in [2.24, 2.45) is 28.1 Å². The van der Waals surface area contributed by atoms with Gasteiger partial charge in [0.15, 0.2) is 0 Å². The maximum absolute atomic E-state index is 14.3. The molecule has 1 unspecified atom stereocenters. The van der Waals surface area contributed by atoms with Gasteiger partial charge in [-0.1, -0.05) is 68.7 Å². The number of amides is 5. The van der Waals surface area contributed by atoms with Gasteiger partial charge in [0.05, 0.1) is 10.8 Å². The average Bonchev–Trinajstić information content (AvgIpc) is 3.25. The fraction of sp³-hybridized carbons (Fsp3) is 0.853. The van der Waals surface area contributed by atoms with Gasteiger partial charge in [-0.25, -0.2) is 17.5 Å². The molecule has 0 bridgehead atoms. The standard InChI is InChI=1S/C34H62N6O7S/c1-15-17-21(25(41)28(43)35-16-2)36-27(42)24-23-20(34(23,12)13)18-40(24)29(44)26(32(6,7)8)38-30(45)37-22(31(3,4)5)19-39(14)48(46,47)33(9,10)11/h20-24,26H,15-19H2,1-14H3,(H,35,43)(H,36,42)(H2,37,38,45)/t20-,21?,22+,23-,24-,26+/m0/s1. The van der Waals surface area contributed by atoms with E-state index in [1.807, 2.05) is 62.3 Å². The molecule has 2 rings (SSSR count). The van der Waals surface area contributed by atoms with Crippen molar-refractivity contribution in [1.82, 2.24) is 30.5 Å². The Bertz CT molecular complexity index is 1340. The second-order valence-electron chi connectivity index (χ2n) is 17.2. The molecule has 5 amide bonds. The van der Waals surface area contributed by atoms with E-state index in [1.54, 1.807) is 27.7 Å². The fourth-order valence-electron chi connectivity index (χ4n) is 6.54. The molecule has 2 fully saturated rings. The first kappa shape index (κ1) is 41.4. The van der Waals surface area contributed by atoms with Crippen LogP contribution in [0, 0.1) is 28.1 Å². The molecule has 1 aliphatic heterocycles. The maximum atomic E-state index is 14.3. The van der Waals surface area contributed by atoms with Crippen LogP contribution in [0.1, 0.15) is 103 Å². The first-order chi connectivity index (χ1) is 21.6. The average molecular weight is 699 g/mol. The number of urea groups is 1. The van der Waals surface area contributed by atoms with E-state index in [2.05, 4.69) is 21.3 Å². The van der Waals surface area contributed by atoms with Gasteiger partial charge >= 0.3 is 6.03 Å². The Labute approximate surface area is 288 Å². The summed E-state index contributed by atoms with van der Waals surface area (Å²) in [6, 6.07) is -4.18. The van der Waals surface area contributed by atoms with Crippen LogP contribution in [0.15, 0.2) is 0 Å². The predicted octanol–water partition coefficient (Wildman–Crippen LogP) is 2.65. The number of hydrogen-bond donors (Lipinski definition) is 4. The Balaban J connectivity index is 2.35. The van der Waals surface area contributed by atoms with Crippen LogP contribution < -0.4 is 21.3 Å². The molecule has 0 aromatic heterocycles. The highest BCUT2D eigenvalue weighted by Crippen LogP contribution is 2.65. The van der Waals surface area contributed by atoms with E-state index in [0.29, 0.717) is 13.0 Å². The molecule has 6 atom stereocenters. The molecule has 2 aliphatic rings. The van der Waals surface area contributed by atoms with Gasteiger partial charge in [-0.15, -0.1) is 0 Å². The fourth-order valence-corrected chi connectivity index (χ4v) is 7.82. The third-order valence-corrected chi connectivity index (χ3v) is 12.4. The highest BCUT2D eigenvalue weighted by atomic mass is 32.2. The van der Waals surface area contributed by atoms with E-state index in [0.717, 1.165) is 0 Å². The molecular formula is C34H62N6O7S. The van der Waals surface area contributed by atoms with Gasteiger partial charge in [-0.2, -0.15) is 0 Å². The van der Waals surface area contributed by atoms with Crippen LogP contribution in [0.4, 0.5) is 4.79 Å². The molecular weight excluding hydrogens is 636 g/mol. The molecule has 1 aliphatic carbocycles. The monoisotopic (exact) mass is 698 g/mol. The lowest BCUT2D eigenvalue weighted by molar-refractivity contribution is -0.145. The van der Waals surface area contributed by atoms with E-state index in [9.17, 15) is 32.4 Å². The number of rotatable bonds is 13. The number of Topliss-reactive ketones (excluding diaryl/α,β-unsaturated/α-hetero) is 1. The number of ketones is 1. The zero-order valence-corrected chi connectivity index (χ0v) is 32.5. The molecule has 4 N–H and O–H groups in total. The van der Waals surface area contributed by atoms with Crippen LogP contribution in [-0.2, 0) is 29.2 Å². The second-order valence-corrected chi connectivity index (χ2v) is 20.0. The summed E-state index contributed by atoms with van der Waals surface area (Å²) in [6.45, 7) is 24.2. The van der Waals surface area contributed by atoms with Crippen LogP contribution >= 0.6 is 0 Å². The molecule has 0 aromatic carbocycles. The van der Waals surface area contributed by atoms with Gasteiger partial charge in [0.2, 0.25) is 27.6 Å². The van der Waals surface area contributed by atoms with E-state index >= 15 is 0 Å². The van der Waals surface area contributed by atoms with Crippen molar-refractivity contribution in [1.29, 1.82) is 0 Å². The molecule has 1 saturated heterocycles. The smallest absolute Gasteiger partial charge is 0.315 e. The van der Waals surface area contributed by atoms with E-state index in [-0.39, 0.29) is 36.8 Å². The Morgan fingerprint density at radius 1 is 0.896 bits per heavy atom. The van der Waals surface area contributed by atoms with Crippen molar-refractivity contribution in [3.05, 3.63) is 0 Å². The predicted molar refractivity (Wildman–Crippen MR) is 186 cm³/mol. The van der Waals surface area contributed by atoms with Crippen molar-refractivity contribution < 1.29 is 32.4 Å². The summed E-state index contributed by atoms with van der Waals surface area (Å²) in [7, 11) is -2.18. The minimum Gasteiger partial charge on any atom is -0.350 e. The Hall–Kier alpha value is -2.74. The molecule has 0 spiro atoms. The molecule has 14 heteroatoms. The van der Waals surface area contributed by atoms with Crippen molar-refractivity contribution in [2.45, 2.75) is 132 Å². The summed E-state index contributed by atoms with van der Waals surface area (Å²) in [5, 5.41) is 11.0. The Morgan fingerprint density at radius 3 is 1.92 bits per heavy atom. The number of hydrogen-bond acceptors (Lipinski definition) is 7. The molecule has 1 saturated carbocycles. The van der Waals surface area contributed by atoms with Crippen LogP contribution in [-0.4, -0.2) is 103 Å². The molecule has 48 heavy (non-hydrogen) atoms. The second kappa shape index (κ2) is 14.6. The summed E-state index contributed by atoms with van der Waals surface area (Å²) in [5.41, 5.74) is -1.50. The van der Waals surface area contributed by atoms with Crippen LogP contribution in [0.2, 0.25) is 0 Å². The Morgan fingerprint density at radius 2 is 1.46 bits per heavy atom. The third kappa shape index (κ3) is 9.08. The number of nitrogens with one attached hydrogen (secondary N) is 4. The Kier molecular flexibility index (Phi) is 12.6. The summed E-state index contributed by atoms with van der Waals surface area (Å²) >= 11 is 0. The summed E-state index contributed by atoms with van der Waals surface area (Å²) in [4.78, 5) is 68.6. The van der Waals surface area contributed by atoms with Crippen molar-refractivity contribution in [3.8, 4) is 0 Å². The van der Waals surface area contributed by atoms with Crippen molar-refractivity contribution in [2.75, 3.05) is 26.7 Å². The lowest BCUT2D eigenvalue weighted by Crippen LogP contribution is -2.63. The topological polar surface area (TPSA) is 174 Å². The number of likely N-dealkylation sites (N-methyl/N-ethyl adjacent to an activating group) is 2.